The third kappa shape index (κ3) is 5.63. The maximum atomic E-state index is 13.1. The lowest BCUT2D eigenvalue weighted by molar-refractivity contribution is 0.411. The zero-order valence-electron chi connectivity index (χ0n) is 16.3. The van der Waals surface area contributed by atoms with Gasteiger partial charge < -0.3 is 15.0 Å². The van der Waals surface area contributed by atoms with E-state index in [1.807, 2.05) is 26.2 Å². The van der Waals surface area contributed by atoms with Crippen LogP contribution >= 0.6 is 31.9 Å². The van der Waals surface area contributed by atoms with Crippen molar-refractivity contribution in [3.8, 4) is 5.75 Å². The SMILES string of the molecule is COc1c(Br)cc(Br)cc1C=NNc1nc(Nc2ccc(F)cc2)nc(N(C)C)n1. The first-order chi connectivity index (χ1) is 14.4. The van der Waals surface area contributed by atoms with Gasteiger partial charge in [0.25, 0.3) is 0 Å². The number of nitrogens with one attached hydrogen (secondary N) is 2. The monoisotopic (exact) mass is 537 g/mol. The van der Waals surface area contributed by atoms with Gasteiger partial charge in [-0.1, -0.05) is 15.9 Å². The maximum Gasteiger partial charge on any atom is 0.250 e. The number of aromatic nitrogens is 3. The summed E-state index contributed by atoms with van der Waals surface area (Å²) in [5, 5.41) is 7.25. The number of ether oxygens (including phenoxy) is 1. The van der Waals surface area contributed by atoms with E-state index in [-0.39, 0.29) is 11.8 Å². The number of benzene rings is 2. The van der Waals surface area contributed by atoms with Crippen LogP contribution in [0.3, 0.4) is 0 Å². The van der Waals surface area contributed by atoms with E-state index >= 15 is 0 Å². The van der Waals surface area contributed by atoms with Crippen molar-refractivity contribution < 1.29 is 9.13 Å². The van der Waals surface area contributed by atoms with Crippen LogP contribution < -0.4 is 20.4 Å². The van der Waals surface area contributed by atoms with E-state index in [2.05, 4.69) is 62.7 Å². The van der Waals surface area contributed by atoms with Gasteiger partial charge in [0.05, 0.1) is 17.8 Å². The zero-order chi connectivity index (χ0) is 21.7. The van der Waals surface area contributed by atoms with Gasteiger partial charge >= 0.3 is 0 Å². The standard InChI is InChI=1S/C19H18Br2FN7O/c1-29(2)19-26-17(24-14-6-4-13(22)5-7-14)25-18(27-19)28-23-10-11-8-12(20)9-15(21)16(11)30-3/h4-10H,1-3H3,(H2,24,25,26,27,28). The van der Waals surface area contributed by atoms with Crippen molar-refractivity contribution in [3.63, 3.8) is 0 Å². The minimum absolute atomic E-state index is 0.239. The molecule has 156 valence electrons. The Bertz CT molecular complexity index is 1060. The average molecular weight is 539 g/mol. The van der Waals surface area contributed by atoms with Gasteiger partial charge in [-0.2, -0.15) is 20.1 Å². The Morgan fingerprint density at radius 3 is 2.43 bits per heavy atom. The lowest BCUT2D eigenvalue weighted by atomic mass is 10.2. The minimum Gasteiger partial charge on any atom is -0.495 e. The summed E-state index contributed by atoms with van der Waals surface area (Å²) >= 11 is 6.90. The van der Waals surface area contributed by atoms with Gasteiger partial charge in [-0.3, -0.25) is 0 Å². The third-order valence-electron chi connectivity index (χ3n) is 3.73. The van der Waals surface area contributed by atoms with E-state index in [1.54, 1.807) is 30.4 Å². The highest BCUT2D eigenvalue weighted by molar-refractivity contribution is 9.11. The molecule has 0 spiro atoms. The summed E-state index contributed by atoms with van der Waals surface area (Å²) in [4.78, 5) is 14.7. The third-order valence-corrected chi connectivity index (χ3v) is 4.78. The number of hydrogen-bond acceptors (Lipinski definition) is 8. The summed E-state index contributed by atoms with van der Waals surface area (Å²) in [6.07, 6.45) is 1.60. The molecule has 0 fully saturated rings. The summed E-state index contributed by atoms with van der Waals surface area (Å²) in [6, 6.07) is 9.64. The highest BCUT2D eigenvalue weighted by Crippen LogP contribution is 2.31. The second kappa shape index (κ2) is 9.81. The molecule has 0 atom stereocenters. The second-order valence-electron chi connectivity index (χ2n) is 6.19. The molecule has 0 bridgehead atoms. The van der Waals surface area contributed by atoms with Crippen LogP contribution in [0, 0.1) is 5.82 Å². The second-order valence-corrected chi connectivity index (χ2v) is 7.96. The van der Waals surface area contributed by atoms with Crippen molar-refractivity contribution in [1.29, 1.82) is 0 Å². The molecule has 1 aromatic heterocycles. The molecular formula is C19H18Br2FN7O. The van der Waals surface area contributed by atoms with E-state index in [0.29, 0.717) is 23.3 Å². The number of anilines is 4. The Hall–Kier alpha value is -2.79. The molecule has 0 radical (unpaired) electrons. The number of hydrogen-bond donors (Lipinski definition) is 2. The van der Waals surface area contributed by atoms with Crippen LogP contribution in [0.2, 0.25) is 0 Å². The van der Waals surface area contributed by atoms with Crippen LogP contribution in [0.15, 0.2) is 50.4 Å². The molecule has 2 N–H and O–H groups in total. The number of rotatable bonds is 7. The highest BCUT2D eigenvalue weighted by Gasteiger charge is 2.10. The molecule has 2 aromatic carbocycles. The van der Waals surface area contributed by atoms with E-state index < -0.39 is 0 Å². The quantitative estimate of drug-likeness (QED) is 0.330. The van der Waals surface area contributed by atoms with Gasteiger partial charge in [0, 0.05) is 29.8 Å². The number of methoxy groups -OCH3 is 1. The molecule has 1 heterocycles. The van der Waals surface area contributed by atoms with Crippen LogP contribution in [0.5, 0.6) is 5.75 Å². The summed E-state index contributed by atoms with van der Waals surface area (Å²) in [7, 11) is 5.21. The molecule has 3 aromatic rings. The summed E-state index contributed by atoms with van der Waals surface area (Å²) < 4.78 is 20.2. The van der Waals surface area contributed by atoms with E-state index in [0.717, 1.165) is 14.5 Å². The Morgan fingerprint density at radius 2 is 1.77 bits per heavy atom. The molecule has 0 aliphatic rings. The lowest BCUT2D eigenvalue weighted by Crippen LogP contribution is -2.15. The van der Waals surface area contributed by atoms with Crippen LogP contribution in [0.4, 0.5) is 27.9 Å². The van der Waals surface area contributed by atoms with Crippen molar-refractivity contribution in [2.45, 2.75) is 0 Å². The molecule has 8 nitrogen and oxygen atoms in total. The van der Waals surface area contributed by atoms with Crippen LogP contribution in [-0.2, 0) is 0 Å². The van der Waals surface area contributed by atoms with Crippen LogP contribution in [0.25, 0.3) is 0 Å². The molecule has 11 heteroatoms. The van der Waals surface area contributed by atoms with Crippen molar-refractivity contribution in [2.24, 2.45) is 5.10 Å². The van der Waals surface area contributed by atoms with Gasteiger partial charge in [0.15, 0.2) is 0 Å². The lowest BCUT2D eigenvalue weighted by Gasteiger charge is -2.13. The largest absolute Gasteiger partial charge is 0.495 e. The molecule has 0 aliphatic carbocycles. The van der Waals surface area contributed by atoms with E-state index in [4.69, 9.17) is 4.74 Å². The Balaban J connectivity index is 1.84. The molecule has 0 unspecified atom stereocenters. The molecule has 3 rings (SSSR count). The normalized spacial score (nSPS) is 10.9. The topological polar surface area (TPSA) is 87.6 Å². The summed E-state index contributed by atoms with van der Waals surface area (Å²) in [5.41, 5.74) is 4.20. The van der Waals surface area contributed by atoms with Crippen LogP contribution in [-0.4, -0.2) is 42.4 Å². The number of halogens is 3. The molecule has 30 heavy (non-hydrogen) atoms. The first-order valence-corrected chi connectivity index (χ1v) is 10.2. The molecule has 0 saturated heterocycles. The molecule has 0 amide bonds. The maximum absolute atomic E-state index is 13.1. The van der Waals surface area contributed by atoms with Gasteiger partial charge in [-0.05, 0) is 52.3 Å². The molecule has 0 saturated carbocycles. The molecule has 0 aliphatic heterocycles. The van der Waals surface area contributed by atoms with Crippen molar-refractivity contribution >= 4 is 61.6 Å². The van der Waals surface area contributed by atoms with Gasteiger partial charge in [0.2, 0.25) is 17.8 Å². The Morgan fingerprint density at radius 1 is 1.07 bits per heavy atom. The fourth-order valence-corrected chi connectivity index (χ4v) is 3.80. The predicted octanol–water partition coefficient (Wildman–Crippen LogP) is 4.80. The van der Waals surface area contributed by atoms with Gasteiger partial charge in [-0.15, -0.1) is 0 Å². The number of nitrogens with zero attached hydrogens (tertiary/aromatic N) is 5. The van der Waals surface area contributed by atoms with Gasteiger partial charge in [0.1, 0.15) is 11.6 Å². The van der Waals surface area contributed by atoms with Crippen molar-refractivity contribution in [2.75, 3.05) is 36.8 Å². The van der Waals surface area contributed by atoms with E-state index in [9.17, 15) is 4.39 Å². The first kappa shape index (κ1) is 21.9. The fraction of sp³-hybridized carbons (Fsp3) is 0.158. The Kier molecular flexibility index (Phi) is 7.16. The minimum atomic E-state index is -0.323. The summed E-state index contributed by atoms with van der Waals surface area (Å²) in [6.45, 7) is 0. The van der Waals surface area contributed by atoms with Crippen LogP contribution in [0.1, 0.15) is 5.56 Å². The first-order valence-electron chi connectivity index (χ1n) is 8.64. The Labute approximate surface area is 189 Å². The molecular weight excluding hydrogens is 521 g/mol. The average Bonchev–Trinajstić information content (AvgIpc) is 2.69. The van der Waals surface area contributed by atoms with Crippen molar-refractivity contribution in [1.82, 2.24) is 15.0 Å². The van der Waals surface area contributed by atoms with E-state index in [1.165, 1.54) is 12.1 Å². The smallest absolute Gasteiger partial charge is 0.250 e. The zero-order valence-corrected chi connectivity index (χ0v) is 19.5. The van der Waals surface area contributed by atoms with Crippen molar-refractivity contribution in [3.05, 3.63) is 56.7 Å². The highest BCUT2D eigenvalue weighted by atomic mass is 79.9. The fourth-order valence-electron chi connectivity index (χ4n) is 2.38. The van der Waals surface area contributed by atoms with Gasteiger partial charge in [-0.25, -0.2) is 9.82 Å². The summed E-state index contributed by atoms with van der Waals surface area (Å²) in [5.74, 6) is 1.28. The number of hydrazone groups is 1. The predicted molar refractivity (Wildman–Crippen MR) is 123 cm³/mol.